The minimum Gasteiger partial charge on any atom is -0.387 e. The summed E-state index contributed by atoms with van der Waals surface area (Å²) in [5, 5.41) is 6.48. The minimum atomic E-state index is -0.106. The molecule has 6 heteroatoms. The molecule has 1 aliphatic heterocycles. The van der Waals surface area contributed by atoms with Gasteiger partial charge in [0.05, 0.1) is 18.8 Å². The van der Waals surface area contributed by atoms with Crippen LogP contribution >= 0.6 is 11.6 Å². The lowest BCUT2D eigenvalue weighted by Gasteiger charge is -2.26. The van der Waals surface area contributed by atoms with Crippen LogP contribution in [0, 0.1) is 0 Å². The molecule has 0 aromatic heterocycles. The summed E-state index contributed by atoms with van der Waals surface area (Å²) in [5.74, 6) is -0.106. The highest BCUT2D eigenvalue weighted by molar-refractivity contribution is 6.31. The molecule has 110 valence electrons. The molecular formula is C14H20ClN3O2. The van der Waals surface area contributed by atoms with E-state index in [0.717, 1.165) is 38.5 Å². The lowest BCUT2D eigenvalue weighted by Crippen LogP contribution is -2.41. The van der Waals surface area contributed by atoms with E-state index in [4.69, 9.17) is 16.3 Å². The predicted molar refractivity (Wildman–Crippen MR) is 80.6 cm³/mol. The predicted octanol–water partition coefficient (Wildman–Crippen LogP) is 1.44. The third-order valence-electron chi connectivity index (χ3n) is 3.31. The van der Waals surface area contributed by atoms with Gasteiger partial charge >= 0.3 is 0 Å². The van der Waals surface area contributed by atoms with E-state index in [1.54, 1.807) is 25.2 Å². The van der Waals surface area contributed by atoms with Crippen molar-refractivity contribution in [2.75, 3.05) is 51.8 Å². The molecule has 1 heterocycles. The molecule has 1 aromatic carbocycles. The number of hydrogen-bond acceptors (Lipinski definition) is 4. The third-order valence-corrected chi connectivity index (χ3v) is 3.55. The lowest BCUT2D eigenvalue weighted by atomic mass is 10.1. The molecule has 0 bridgehead atoms. The Bertz CT molecular complexity index is 462. The van der Waals surface area contributed by atoms with Crippen molar-refractivity contribution in [2.45, 2.75) is 0 Å². The van der Waals surface area contributed by atoms with Gasteiger partial charge in [-0.2, -0.15) is 0 Å². The van der Waals surface area contributed by atoms with Crippen LogP contribution in [0.25, 0.3) is 0 Å². The maximum atomic E-state index is 12.2. The maximum absolute atomic E-state index is 12.2. The van der Waals surface area contributed by atoms with Gasteiger partial charge in [-0.25, -0.2) is 0 Å². The quantitative estimate of drug-likeness (QED) is 0.864. The van der Waals surface area contributed by atoms with Crippen molar-refractivity contribution in [1.82, 2.24) is 10.2 Å². The second-order valence-corrected chi connectivity index (χ2v) is 5.09. The number of morpholine rings is 1. The van der Waals surface area contributed by atoms with Gasteiger partial charge in [0.1, 0.15) is 0 Å². The van der Waals surface area contributed by atoms with Crippen LogP contribution in [0.3, 0.4) is 0 Å². The molecule has 0 spiro atoms. The number of ether oxygens (including phenoxy) is 1. The highest BCUT2D eigenvalue weighted by Gasteiger charge is 2.13. The van der Waals surface area contributed by atoms with Gasteiger partial charge in [0.2, 0.25) is 0 Å². The van der Waals surface area contributed by atoms with Crippen LogP contribution < -0.4 is 10.6 Å². The molecule has 1 aliphatic rings. The number of rotatable bonds is 5. The average molecular weight is 298 g/mol. The standard InChI is InChI=1S/C14H20ClN3O2/c1-16-13-3-2-11(15)10-12(13)14(19)17-4-5-18-6-8-20-9-7-18/h2-3,10,16H,4-9H2,1H3,(H,17,19). The van der Waals surface area contributed by atoms with Crippen LogP contribution in [0.2, 0.25) is 5.02 Å². The van der Waals surface area contributed by atoms with E-state index in [1.165, 1.54) is 0 Å². The summed E-state index contributed by atoms with van der Waals surface area (Å²) in [5.41, 5.74) is 1.35. The van der Waals surface area contributed by atoms with Gasteiger partial charge in [0, 0.05) is 43.9 Å². The van der Waals surface area contributed by atoms with Crippen molar-refractivity contribution in [3.63, 3.8) is 0 Å². The number of anilines is 1. The summed E-state index contributed by atoms with van der Waals surface area (Å²) in [6.07, 6.45) is 0. The number of carbonyl (C=O) groups is 1. The van der Waals surface area contributed by atoms with E-state index in [1.807, 2.05) is 0 Å². The Balaban J connectivity index is 1.86. The van der Waals surface area contributed by atoms with Gasteiger partial charge in [-0.15, -0.1) is 0 Å². The van der Waals surface area contributed by atoms with E-state index in [-0.39, 0.29) is 5.91 Å². The van der Waals surface area contributed by atoms with Crippen LogP contribution in [-0.4, -0.2) is 57.2 Å². The van der Waals surface area contributed by atoms with Crippen LogP contribution in [0.15, 0.2) is 18.2 Å². The molecule has 5 nitrogen and oxygen atoms in total. The Morgan fingerprint density at radius 2 is 2.15 bits per heavy atom. The van der Waals surface area contributed by atoms with Gasteiger partial charge < -0.3 is 15.4 Å². The fourth-order valence-electron chi connectivity index (χ4n) is 2.17. The number of amides is 1. The maximum Gasteiger partial charge on any atom is 0.253 e. The van der Waals surface area contributed by atoms with Crippen molar-refractivity contribution < 1.29 is 9.53 Å². The second-order valence-electron chi connectivity index (χ2n) is 4.65. The molecular weight excluding hydrogens is 278 g/mol. The van der Waals surface area contributed by atoms with E-state index < -0.39 is 0 Å². The molecule has 1 amide bonds. The summed E-state index contributed by atoms with van der Waals surface area (Å²) in [4.78, 5) is 14.4. The summed E-state index contributed by atoms with van der Waals surface area (Å²) in [6.45, 7) is 4.85. The number of nitrogens with one attached hydrogen (secondary N) is 2. The Morgan fingerprint density at radius 3 is 2.85 bits per heavy atom. The van der Waals surface area contributed by atoms with E-state index in [0.29, 0.717) is 17.1 Å². The molecule has 20 heavy (non-hydrogen) atoms. The topological polar surface area (TPSA) is 53.6 Å². The van der Waals surface area contributed by atoms with Gasteiger partial charge in [-0.1, -0.05) is 11.6 Å². The monoisotopic (exact) mass is 297 g/mol. The van der Waals surface area contributed by atoms with Crippen molar-refractivity contribution in [3.05, 3.63) is 28.8 Å². The fourth-order valence-corrected chi connectivity index (χ4v) is 2.34. The molecule has 1 aromatic rings. The highest BCUT2D eigenvalue weighted by Crippen LogP contribution is 2.20. The van der Waals surface area contributed by atoms with Crippen LogP contribution in [0.1, 0.15) is 10.4 Å². The van der Waals surface area contributed by atoms with Crippen LogP contribution in [-0.2, 0) is 4.74 Å². The Kier molecular flexibility index (Phi) is 5.64. The van der Waals surface area contributed by atoms with Crippen LogP contribution in [0.4, 0.5) is 5.69 Å². The Morgan fingerprint density at radius 1 is 1.40 bits per heavy atom. The van der Waals surface area contributed by atoms with Gasteiger partial charge in [0.15, 0.2) is 0 Å². The minimum absolute atomic E-state index is 0.106. The lowest BCUT2D eigenvalue weighted by molar-refractivity contribution is 0.0383. The first-order valence-corrected chi connectivity index (χ1v) is 7.14. The SMILES string of the molecule is CNc1ccc(Cl)cc1C(=O)NCCN1CCOCC1. The fraction of sp³-hybridized carbons (Fsp3) is 0.500. The van der Waals surface area contributed by atoms with E-state index in [2.05, 4.69) is 15.5 Å². The number of carbonyl (C=O) groups excluding carboxylic acids is 1. The Labute approximate surface area is 124 Å². The number of halogens is 1. The van der Waals surface area contributed by atoms with Gasteiger partial charge in [-0.3, -0.25) is 9.69 Å². The molecule has 1 saturated heterocycles. The van der Waals surface area contributed by atoms with Crippen molar-refractivity contribution in [1.29, 1.82) is 0 Å². The van der Waals surface area contributed by atoms with E-state index in [9.17, 15) is 4.79 Å². The average Bonchev–Trinajstić information content (AvgIpc) is 2.48. The number of benzene rings is 1. The molecule has 2 N–H and O–H groups in total. The zero-order valence-corrected chi connectivity index (χ0v) is 12.4. The molecule has 2 rings (SSSR count). The zero-order valence-electron chi connectivity index (χ0n) is 11.6. The van der Waals surface area contributed by atoms with Crippen molar-refractivity contribution >= 4 is 23.2 Å². The summed E-state index contributed by atoms with van der Waals surface area (Å²) >= 11 is 5.94. The molecule has 1 fully saturated rings. The second kappa shape index (κ2) is 7.47. The van der Waals surface area contributed by atoms with Crippen molar-refractivity contribution in [3.8, 4) is 0 Å². The first-order valence-electron chi connectivity index (χ1n) is 6.76. The summed E-state index contributed by atoms with van der Waals surface area (Å²) in [7, 11) is 1.79. The third kappa shape index (κ3) is 4.10. The summed E-state index contributed by atoms with van der Waals surface area (Å²) in [6, 6.07) is 5.24. The van der Waals surface area contributed by atoms with Crippen LogP contribution in [0.5, 0.6) is 0 Å². The molecule has 0 unspecified atom stereocenters. The van der Waals surface area contributed by atoms with E-state index >= 15 is 0 Å². The smallest absolute Gasteiger partial charge is 0.253 e. The molecule has 0 radical (unpaired) electrons. The number of nitrogens with zero attached hydrogens (tertiary/aromatic N) is 1. The van der Waals surface area contributed by atoms with Gasteiger partial charge in [0.25, 0.3) is 5.91 Å². The first kappa shape index (κ1) is 15.1. The normalized spacial score (nSPS) is 15.9. The van der Waals surface area contributed by atoms with Crippen molar-refractivity contribution in [2.24, 2.45) is 0 Å². The summed E-state index contributed by atoms with van der Waals surface area (Å²) < 4.78 is 5.29. The van der Waals surface area contributed by atoms with Gasteiger partial charge in [-0.05, 0) is 18.2 Å². The molecule has 0 saturated carbocycles. The Hall–Kier alpha value is -1.30. The first-order chi connectivity index (χ1) is 9.70. The largest absolute Gasteiger partial charge is 0.387 e. The highest BCUT2D eigenvalue weighted by atomic mass is 35.5. The number of hydrogen-bond donors (Lipinski definition) is 2. The molecule has 0 atom stereocenters. The molecule has 0 aliphatic carbocycles. The zero-order chi connectivity index (χ0) is 14.4.